The lowest BCUT2D eigenvalue weighted by atomic mass is 10.0. The SMILES string of the molecule is Brc1ccc2[nH]cc(-c3nc(-c4ccccc4)c(-c4ccc(CN5CCCCC5)cc4)[nH]3)c2c1.Brc1ccc2[nH]cc(-c3nc4c5ccccc5c5ccccc5c4[nH]3)c2c1.Oc1cccc(-c2nc3c4cc(I)ccc4c4ccccc4c3[nH]2)c1.Oc1cccc(-c2nc3c4ccccc4c4ccccc4c3[nH]2)c1. The molecular weight excluding hydrogens is 1600 g/mol. The van der Waals surface area contributed by atoms with Gasteiger partial charge in [0.05, 0.1) is 44.5 Å². The van der Waals surface area contributed by atoms with Gasteiger partial charge in [0.1, 0.15) is 34.8 Å². The highest BCUT2D eigenvalue weighted by atomic mass is 127. The quantitative estimate of drug-likeness (QED) is 0.0548. The number of hydrogen-bond acceptors (Lipinski definition) is 7. The van der Waals surface area contributed by atoms with Crippen LogP contribution in [0.25, 0.3) is 188 Å². The number of benzene rings is 15. The fourth-order valence-electron chi connectivity index (χ4n) is 15.8. The Bertz CT molecular complexity index is 6950. The van der Waals surface area contributed by atoms with Gasteiger partial charge in [-0.3, -0.25) is 4.90 Å². The van der Waals surface area contributed by atoms with E-state index in [0.29, 0.717) is 0 Å². The van der Waals surface area contributed by atoms with E-state index in [4.69, 9.17) is 19.9 Å². The van der Waals surface area contributed by atoms with E-state index in [9.17, 15) is 10.2 Å². The largest absolute Gasteiger partial charge is 0.508 e. The van der Waals surface area contributed by atoms with E-state index in [1.165, 1.54) is 84.6 Å². The van der Waals surface area contributed by atoms with E-state index in [2.05, 4.69) is 296 Å². The minimum Gasteiger partial charge on any atom is -0.508 e. The van der Waals surface area contributed by atoms with Gasteiger partial charge < -0.3 is 40.1 Å². The van der Waals surface area contributed by atoms with Crippen LogP contribution in [0, 0.1) is 3.57 Å². The normalized spacial score (nSPS) is 12.6. The fourth-order valence-corrected chi connectivity index (χ4v) is 17.1. The van der Waals surface area contributed by atoms with Crippen molar-refractivity contribution < 1.29 is 10.2 Å². The number of imidazole rings is 4. The van der Waals surface area contributed by atoms with Gasteiger partial charge in [0, 0.05) is 119 Å². The topological polar surface area (TPSA) is 190 Å². The van der Waals surface area contributed by atoms with Crippen molar-refractivity contribution in [2.45, 2.75) is 25.8 Å². The maximum absolute atomic E-state index is 9.79. The second-order valence-electron chi connectivity index (χ2n) is 27.9. The molecule has 1 fully saturated rings. The number of H-pyrrole nitrogens is 6. The molecular formula is C94H68Br2IN11O2. The number of aromatic amines is 6. The first-order valence-electron chi connectivity index (χ1n) is 36.7. The Morgan fingerprint density at radius 2 is 0.755 bits per heavy atom. The summed E-state index contributed by atoms with van der Waals surface area (Å²) in [5.74, 6) is 3.76. The second kappa shape index (κ2) is 29.1. The highest BCUT2D eigenvalue weighted by Crippen LogP contribution is 2.42. The van der Waals surface area contributed by atoms with E-state index in [-0.39, 0.29) is 11.5 Å². The van der Waals surface area contributed by atoms with Crippen LogP contribution in [-0.4, -0.2) is 78.0 Å². The zero-order valence-corrected chi connectivity index (χ0v) is 64.5. The lowest BCUT2D eigenvalue weighted by molar-refractivity contribution is 0.221. The Kier molecular flexibility index (Phi) is 18.1. The predicted molar refractivity (Wildman–Crippen MR) is 469 cm³/mol. The van der Waals surface area contributed by atoms with Gasteiger partial charge in [0.15, 0.2) is 0 Å². The number of aromatic hydroxyl groups is 2. The monoisotopic (exact) mass is 1670 g/mol. The third kappa shape index (κ3) is 13.0. The van der Waals surface area contributed by atoms with Crippen molar-refractivity contribution in [3.8, 4) is 79.6 Å². The van der Waals surface area contributed by atoms with Crippen LogP contribution in [-0.2, 0) is 6.54 Å². The van der Waals surface area contributed by atoms with Crippen molar-refractivity contribution >= 4 is 174 Å². The molecule has 13 nitrogen and oxygen atoms in total. The summed E-state index contributed by atoms with van der Waals surface area (Å²) in [6.07, 6.45) is 8.07. The number of phenols is 2. The molecule has 15 aromatic carbocycles. The Morgan fingerprint density at radius 3 is 1.25 bits per heavy atom. The van der Waals surface area contributed by atoms with Gasteiger partial charge in [-0.05, 0) is 159 Å². The van der Waals surface area contributed by atoms with E-state index in [1.54, 1.807) is 24.3 Å². The molecule has 16 heteroatoms. The molecule has 21 aromatic rings. The number of piperidine rings is 1. The van der Waals surface area contributed by atoms with Gasteiger partial charge >= 0.3 is 0 Å². The molecule has 6 aromatic heterocycles. The number of aromatic nitrogens is 10. The standard InChI is InChI=1S/C29H27BrN4.C23H14BrN3.C21H13IN2O.C21H14N2O/c30-23-13-14-26-24(17-23)25(18-31-26)29-32-27(21-7-3-1-4-8-21)28(33-29)22-11-9-20(10-12-22)19-34-15-5-2-6-16-34;24-13-9-10-20-18(11-13)19(12-25-20)23-26-21-16-7-3-1-5-14(16)15-6-2-4-8-17(15)22(21)27-23;22-13-8-9-16-15-6-1-2-7-17(15)19-20(18(16)11-13)24-21(23-19)12-4-3-5-14(25)10-12;24-14-7-5-6-13(12-14)21-22-19-17-10-3-1-8-15(17)16-9-2-4-11-18(16)20(19)23-21/h1,3-4,7-14,17-18,31H,2,5-6,15-16,19H2,(H,32,33);1-12,25H,(H,26,27);1-11,25H,(H,23,24);1-12,24H,(H,22,23). The molecule has 532 valence electrons. The highest BCUT2D eigenvalue weighted by molar-refractivity contribution is 14.1. The molecule has 0 unspecified atom stereocenters. The van der Waals surface area contributed by atoms with Crippen LogP contribution >= 0.6 is 54.5 Å². The van der Waals surface area contributed by atoms with E-state index >= 15 is 0 Å². The molecule has 1 saturated heterocycles. The first-order valence-corrected chi connectivity index (χ1v) is 39.4. The van der Waals surface area contributed by atoms with Crippen LogP contribution < -0.4 is 0 Å². The molecule has 0 amide bonds. The van der Waals surface area contributed by atoms with E-state index < -0.39 is 0 Å². The molecule has 0 radical (unpaired) electrons. The summed E-state index contributed by atoms with van der Waals surface area (Å²) < 4.78 is 3.30. The zero-order valence-electron chi connectivity index (χ0n) is 59.2. The van der Waals surface area contributed by atoms with Gasteiger partial charge in [-0.25, -0.2) is 19.9 Å². The van der Waals surface area contributed by atoms with Crippen LogP contribution in [0.2, 0.25) is 0 Å². The van der Waals surface area contributed by atoms with Crippen molar-refractivity contribution in [2.75, 3.05) is 13.1 Å². The highest BCUT2D eigenvalue weighted by Gasteiger charge is 2.22. The van der Waals surface area contributed by atoms with Crippen molar-refractivity contribution in [1.29, 1.82) is 0 Å². The molecule has 0 spiro atoms. The molecule has 0 aliphatic carbocycles. The first-order chi connectivity index (χ1) is 54.0. The molecule has 0 saturated carbocycles. The fraction of sp³-hybridized carbons (Fsp3) is 0.0638. The third-order valence-electron chi connectivity index (χ3n) is 21.1. The molecule has 0 atom stereocenters. The number of nitrogens with zero attached hydrogens (tertiary/aromatic N) is 5. The summed E-state index contributed by atoms with van der Waals surface area (Å²) in [5, 5.41) is 36.1. The smallest absolute Gasteiger partial charge is 0.140 e. The lowest BCUT2D eigenvalue weighted by Gasteiger charge is -2.26. The zero-order chi connectivity index (χ0) is 73.9. The number of likely N-dealkylation sites (tertiary alicyclic amines) is 1. The van der Waals surface area contributed by atoms with Gasteiger partial charge in [-0.15, -0.1) is 0 Å². The molecule has 110 heavy (non-hydrogen) atoms. The Balaban J connectivity index is 0.000000100. The van der Waals surface area contributed by atoms with Gasteiger partial charge in [-0.1, -0.05) is 245 Å². The van der Waals surface area contributed by atoms with Gasteiger partial charge in [0.2, 0.25) is 0 Å². The molecule has 8 N–H and O–H groups in total. The summed E-state index contributed by atoms with van der Waals surface area (Å²) in [5.41, 5.74) is 17.8. The number of nitrogens with one attached hydrogen (secondary N) is 6. The van der Waals surface area contributed by atoms with Crippen molar-refractivity contribution in [3.05, 3.63) is 310 Å². The summed E-state index contributed by atoms with van der Waals surface area (Å²) in [7, 11) is 0. The van der Waals surface area contributed by atoms with E-state index in [1.807, 2.05) is 60.9 Å². The molecule has 7 heterocycles. The predicted octanol–water partition coefficient (Wildman–Crippen LogP) is 25.5. The number of fused-ring (bicyclic) bond motifs is 20. The minimum absolute atomic E-state index is 0.238. The van der Waals surface area contributed by atoms with Crippen molar-refractivity contribution in [1.82, 2.24) is 54.7 Å². The number of rotatable bonds is 8. The van der Waals surface area contributed by atoms with Crippen molar-refractivity contribution in [3.63, 3.8) is 0 Å². The Labute approximate surface area is 661 Å². The molecule has 22 rings (SSSR count). The van der Waals surface area contributed by atoms with E-state index in [0.717, 1.165) is 160 Å². The van der Waals surface area contributed by atoms with Crippen LogP contribution in [0.15, 0.2) is 300 Å². The molecule has 1 aliphatic heterocycles. The van der Waals surface area contributed by atoms with Crippen molar-refractivity contribution in [2.24, 2.45) is 0 Å². The van der Waals surface area contributed by atoms with Crippen LogP contribution in [0.4, 0.5) is 0 Å². The number of hydrogen-bond donors (Lipinski definition) is 8. The number of phenolic OH excluding ortho intramolecular Hbond substituents is 2. The summed E-state index contributed by atoms with van der Waals surface area (Å²) in [6, 6.07) is 94.9. The first kappa shape index (κ1) is 68.3. The average Bonchev–Trinajstić information content (AvgIpc) is 1.56. The maximum atomic E-state index is 9.79. The second-order valence-corrected chi connectivity index (χ2v) is 31.0. The lowest BCUT2D eigenvalue weighted by Crippen LogP contribution is -2.28. The Hall–Kier alpha value is -12.2. The summed E-state index contributed by atoms with van der Waals surface area (Å²) in [6.45, 7) is 3.46. The molecule has 1 aliphatic rings. The summed E-state index contributed by atoms with van der Waals surface area (Å²) in [4.78, 5) is 43.3. The van der Waals surface area contributed by atoms with Crippen LogP contribution in [0.5, 0.6) is 11.5 Å². The van der Waals surface area contributed by atoms with Crippen LogP contribution in [0.3, 0.4) is 0 Å². The number of halogens is 3. The maximum Gasteiger partial charge on any atom is 0.140 e. The summed E-state index contributed by atoms with van der Waals surface area (Å²) >= 11 is 9.53. The van der Waals surface area contributed by atoms with Gasteiger partial charge in [-0.2, -0.15) is 0 Å². The van der Waals surface area contributed by atoms with Crippen LogP contribution in [0.1, 0.15) is 24.8 Å². The molecule has 0 bridgehead atoms. The minimum atomic E-state index is 0.238. The average molecular weight is 1670 g/mol. The third-order valence-corrected chi connectivity index (χ3v) is 22.7. The van der Waals surface area contributed by atoms with Gasteiger partial charge in [0.25, 0.3) is 0 Å². The Morgan fingerprint density at radius 1 is 0.336 bits per heavy atom.